The van der Waals surface area contributed by atoms with Gasteiger partial charge in [-0.15, -0.1) is 0 Å². The van der Waals surface area contributed by atoms with Gasteiger partial charge in [-0.1, -0.05) is 30.2 Å². The van der Waals surface area contributed by atoms with Crippen molar-refractivity contribution in [2.75, 3.05) is 0 Å². The van der Waals surface area contributed by atoms with Crippen molar-refractivity contribution < 1.29 is 4.79 Å². The molecule has 0 bridgehead atoms. The van der Waals surface area contributed by atoms with Crippen LogP contribution >= 0.6 is 11.6 Å². The standard InChI is InChI=1S/C18H20ClN3O/c19-14-4-1-3-13(11-14)18(7-2-8-18)17(23)21-15-5-6-16-20-9-10-22(16)12-15/h1,3-4,9-11,15H,2,5-8,12H2,(H,21,23)/t15-/m0/s1. The van der Waals surface area contributed by atoms with Crippen LogP contribution in [0, 0.1) is 0 Å². The Hall–Kier alpha value is -1.81. The highest BCUT2D eigenvalue weighted by Crippen LogP contribution is 2.44. The molecule has 4 rings (SSSR count). The number of rotatable bonds is 3. The van der Waals surface area contributed by atoms with E-state index in [1.807, 2.05) is 36.7 Å². The van der Waals surface area contributed by atoms with Gasteiger partial charge in [-0.2, -0.15) is 0 Å². The SMILES string of the molecule is O=C(N[C@H]1CCc2nccn2C1)C1(c2cccc(Cl)c2)CCC1. The maximum atomic E-state index is 13.0. The number of halogens is 1. The topological polar surface area (TPSA) is 46.9 Å². The third kappa shape index (κ3) is 2.55. The highest BCUT2D eigenvalue weighted by molar-refractivity contribution is 6.30. The lowest BCUT2D eigenvalue weighted by molar-refractivity contribution is -0.130. The zero-order valence-electron chi connectivity index (χ0n) is 13.0. The molecular formula is C18H20ClN3O. The number of fused-ring (bicyclic) bond motifs is 1. The maximum absolute atomic E-state index is 13.0. The number of imidazole rings is 1. The van der Waals surface area contributed by atoms with Crippen molar-refractivity contribution in [3.05, 3.63) is 53.1 Å². The smallest absolute Gasteiger partial charge is 0.230 e. The fourth-order valence-electron chi connectivity index (χ4n) is 3.77. The molecule has 1 aromatic carbocycles. The molecule has 1 N–H and O–H groups in total. The predicted molar refractivity (Wildman–Crippen MR) is 89.5 cm³/mol. The molecule has 23 heavy (non-hydrogen) atoms. The molecule has 2 aliphatic rings. The number of benzene rings is 1. The van der Waals surface area contributed by atoms with Crippen molar-refractivity contribution in [1.82, 2.24) is 14.9 Å². The lowest BCUT2D eigenvalue weighted by Crippen LogP contribution is -2.53. The van der Waals surface area contributed by atoms with E-state index in [1.54, 1.807) is 0 Å². The second-order valence-electron chi connectivity index (χ2n) is 6.65. The minimum Gasteiger partial charge on any atom is -0.351 e. The Labute approximate surface area is 140 Å². The molecule has 4 nitrogen and oxygen atoms in total. The summed E-state index contributed by atoms with van der Waals surface area (Å²) in [5, 5.41) is 3.98. The van der Waals surface area contributed by atoms with Crippen LogP contribution in [-0.4, -0.2) is 21.5 Å². The van der Waals surface area contributed by atoms with Gasteiger partial charge in [-0.05, 0) is 37.0 Å². The first-order valence-electron chi connectivity index (χ1n) is 8.24. The summed E-state index contributed by atoms with van der Waals surface area (Å²) in [5.41, 5.74) is 0.660. The number of amides is 1. The molecule has 1 aromatic heterocycles. The molecule has 1 amide bonds. The number of aryl methyl sites for hydroxylation is 1. The minimum absolute atomic E-state index is 0.152. The van der Waals surface area contributed by atoms with E-state index >= 15 is 0 Å². The largest absolute Gasteiger partial charge is 0.351 e. The Morgan fingerprint density at radius 1 is 1.39 bits per heavy atom. The second kappa shape index (κ2) is 5.68. The van der Waals surface area contributed by atoms with E-state index in [4.69, 9.17) is 11.6 Å². The number of hydrogen-bond acceptors (Lipinski definition) is 2. The molecule has 0 radical (unpaired) electrons. The van der Waals surface area contributed by atoms with Crippen LogP contribution < -0.4 is 5.32 Å². The van der Waals surface area contributed by atoms with Crippen molar-refractivity contribution in [2.24, 2.45) is 0 Å². The number of carbonyl (C=O) groups excluding carboxylic acids is 1. The lowest BCUT2D eigenvalue weighted by atomic mass is 9.63. The molecule has 1 aliphatic heterocycles. The van der Waals surface area contributed by atoms with Crippen LogP contribution in [0.2, 0.25) is 5.02 Å². The van der Waals surface area contributed by atoms with Crippen molar-refractivity contribution in [1.29, 1.82) is 0 Å². The van der Waals surface area contributed by atoms with Crippen molar-refractivity contribution in [3.63, 3.8) is 0 Å². The number of hydrogen-bond donors (Lipinski definition) is 1. The fraction of sp³-hybridized carbons (Fsp3) is 0.444. The van der Waals surface area contributed by atoms with Crippen LogP contribution in [-0.2, 0) is 23.2 Å². The van der Waals surface area contributed by atoms with Crippen molar-refractivity contribution >= 4 is 17.5 Å². The summed E-state index contributed by atoms with van der Waals surface area (Å²) in [7, 11) is 0. The molecule has 0 spiro atoms. The van der Waals surface area contributed by atoms with Crippen LogP contribution in [0.1, 0.15) is 37.1 Å². The van der Waals surface area contributed by atoms with E-state index in [1.165, 1.54) is 0 Å². The van der Waals surface area contributed by atoms with E-state index in [9.17, 15) is 4.79 Å². The molecule has 5 heteroatoms. The van der Waals surface area contributed by atoms with Crippen LogP contribution in [0.5, 0.6) is 0 Å². The zero-order chi connectivity index (χ0) is 15.9. The quantitative estimate of drug-likeness (QED) is 0.940. The third-order valence-electron chi connectivity index (χ3n) is 5.29. The molecule has 120 valence electrons. The first-order valence-corrected chi connectivity index (χ1v) is 8.62. The minimum atomic E-state index is -0.389. The van der Waals surface area contributed by atoms with Crippen molar-refractivity contribution in [2.45, 2.75) is 50.1 Å². The first-order chi connectivity index (χ1) is 11.2. The zero-order valence-corrected chi connectivity index (χ0v) is 13.7. The van der Waals surface area contributed by atoms with E-state index in [2.05, 4.69) is 14.9 Å². The van der Waals surface area contributed by atoms with Gasteiger partial charge in [0.25, 0.3) is 0 Å². The molecule has 2 aromatic rings. The molecule has 0 unspecified atom stereocenters. The average Bonchev–Trinajstić information content (AvgIpc) is 2.93. The van der Waals surface area contributed by atoms with Crippen molar-refractivity contribution in [3.8, 4) is 0 Å². The highest BCUT2D eigenvalue weighted by atomic mass is 35.5. The van der Waals surface area contributed by atoms with E-state index in [0.29, 0.717) is 5.02 Å². The Morgan fingerprint density at radius 2 is 2.26 bits per heavy atom. The van der Waals surface area contributed by atoms with Crippen LogP contribution in [0.4, 0.5) is 0 Å². The summed E-state index contributed by atoms with van der Waals surface area (Å²) in [6.07, 6.45) is 8.60. The van der Waals surface area contributed by atoms with E-state index in [0.717, 1.165) is 50.0 Å². The van der Waals surface area contributed by atoms with Crippen LogP contribution in [0.3, 0.4) is 0 Å². The molecule has 1 atom stereocenters. The Kier molecular flexibility index (Phi) is 3.64. The Balaban J connectivity index is 1.52. The predicted octanol–water partition coefficient (Wildman–Crippen LogP) is 3.09. The summed E-state index contributed by atoms with van der Waals surface area (Å²) in [5.74, 6) is 1.27. The van der Waals surface area contributed by atoms with Gasteiger partial charge in [0.15, 0.2) is 0 Å². The highest BCUT2D eigenvalue weighted by Gasteiger charge is 2.46. The van der Waals surface area contributed by atoms with Gasteiger partial charge in [0.05, 0.1) is 5.41 Å². The van der Waals surface area contributed by atoms with Gasteiger partial charge in [0.2, 0.25) is 5.91 Å². The fourth-order valence-corrected chi connectivity index (χ4v) is 3.96. The molecule has 1 aliphatic carbocycles. The number of aromatic nitrogens is 2. The summed E-state index contributed by atoms with van der Waals surface area (Å²) in [4.78, 5) is 17.3. The monoisotopic (exact) mass is 329 g/mol. The molecule has 0 saturated heterocycles. The molecule has 1 saturated carbocycles. The van der Waals surface area contributed by atoms with Gasteiger partial charge in [0.1, 0.15) is 5.82 Å². The van der Waals surface area contributed by atoms with Gasteiger partial charge in [0, 0.05) is 36.4 Å². The number of nitrogens with zero attached hydrogens (tertiary/aromatic N) is 2. The number of carbonyl (C=O) groups is 1. The molecular weight excluding hydrogens is 310 g/mol. The number of nitrogens with one attached hydrogen (secondary N) is 1. The van der Waals surface area contributed by atoms with Gasteiger partial charge in [-0.3, -0.25) is 4.79 Å². The maximum Gasteiger partial charge on any atom is 0.230 e. The second-order valence-corrected chi connectivity index (χ2v) is 7.09. The lowest BCUT2D eigenvalue weighted by Gasteiger charge is -2.42. The summed E-state index contributed by atoms with van der Waals surface area (Å²) in [6.45, 7) is 0.812. The van der Waals surface area contributed by atoms with E-state index in [-0.39, 0.29) is 17.4 Å². The van der Waals surface area contributed by atoms with Gasteiger partial charge >= 0.3 is 0 Å². The van der Waals surface area contributed by atoms with Gasteiger partial charge < -0.3 is 9.88 Å². The normalized spacial score (nSPS) is 22.0. The molecule has 2 heterocycles. The first kappa shape index (κ1) is 14.8. The van der Waals surface area contributed by atoms with Gasteiger partial charge in [-0.25, -0.2) is 4.98 Å². The van der Waals surface area contributed by atoms with E-state index < -0.39 is 0 Å². The summed E-state index contributed by atoms with van der Waals surface area (Å²) >= 11 is 6.13. The van der Waals surface area contributed by atoms with Crippen LogP contribution in [0.15, 0.2) is 36.7 Å². The molecule has 1 fully saturated rings. The Bertz CT molecular complexity index is 735. The summed E-state index contributed by atoms with van der Waals surface area (Å²) < 4.78 is 2.14. The average molecular weight is 330 g/mol. The summed E-state index contributed by atoms with van der Waals surface area (Å²) in [6, 6.07) is 7.94. The Morgan fingerprint density at radius 3 is 3.00 bits per heavy atom. The third-order valence-corrected chi connectivity index (χ3v) is 5.52. The van der Waals surface area contributed by atoms with Crippen LogP contribution in [0.25, 0.3) is 0 Å².